The summed E-state index contributed by atoms with van der Waals surface area (Å²) in [6.45, 7) is 3.56. The van der Waals surface area contributed by atoms with Crippen molar-refractivity contribution in [3.05, 3.63) is 24.3 Å². The number of carbonyl (C=O) groups excluding carboxylic acids is 1. The fourth-order valence-electron chi connectivity index (χ4n) is 2.61. The second kappa shape index (κ2) is 16.6. The number of likely N-dealkylation sites (N-methyl/N-ethyl adjacent to an activating group) is 1. The maximum atomic E-state index is 11.9. The van der Waals surface area contributed by atoms with Crippen LogP contribution in [0.5, 0.6) is 0 Å². The molecule has 0 saturated heterocycles. The zero-order chi connectivity index (χ0) is 23.8. The number of hydrogen-bond acceptors (Lipinski definition) is 6. The number of rotatable bonds is 18. The zero-order valence-corrected chi connectivity index (χ0v) is 20.8. The van der Waals surface area contributed by atoms with Gasteiger partial charge in [0.1, 0.15) is 13.2 Å². The first-order valence-corrected chi connectivity index (χ1v) is 12.6. The number of nitrogens with one attached hydrogen (secondary N) is 1. The monoisotopic (exact) mass is 462 g/mol. The van der Waals surface area contributed by atoms with E-state index in [1.165, 1.54) is 32.6 Å². The third kappa shape index (κ3) is 19.4. The molecule has 0 rings (SSSR count). The van der Waals surface area contributed by atoms with Crippen molar-refractivity contribution in [1.29, 1.82) is 0 Å². The molecule has 2 N–H and O–H groups in total. The Hall–Kier alpha value is -1.02. The van der Waals surface area contributed by atoms with Crippen LogP contribution in [-0.4, -0.2) is 68.5 Å². The highest BCUT2D eigenvalue weighted by molar-refractivity contribution is 7.45. The Balaban J connectivity index is 4.42. The molecule has 3 atom stereocenters. The van der Waals surface area contributed by atoms with Gasteiger partial charge < -0.3 is 28.8 Å². The minimum atomic E-state index is -4.53. The van der Waals surface area contributed by atoms with Crippen LogP contribution in [0.1, 0.15) is 58.8 Å². The minimum Gasteiger partial charge on any atom is -0.756 e. The maximum absolute atomic E-state index is 11.9. The van der Waals surface area contributed by atoms with Gasteiger partial charge >= 0.3 is 0 Å². The van der Waals surface area contributed by atoms with Gasteiger partial charge in [0.15, 0.2) is 0 Å². The summed E-state index contributed by atoms with van der Waals surface area (Å²) in [6.07, 6.45) is 14.2. The SMILES string of the molecule is CCCCCC/C=C/CC/C=C/C(O)C(COP(=O)([O-])OCC[N+](C)(C)C)NC(C)=O. The van der Waals surface area contributed by atoms with Gasteiger partial charge in [0.25, 0.3) is 7.82 Å². The van der Waals surface area contributed by atoms with E-state index in [4.69, 9.17) is 9.05 Å². The minimum absolute atomic E-state index is 0.0103. The number of phosphoric acid groups is 1. The van der Waals surface area contributed by atoms with Gasteiger partial charge in [0.2, 0.25) is 5.91 Å². The van der Waals surface area contributed by atoms with Crippen LogP contribution in [0.15, 0.2) is 24.3 Å². The maximum Gasteiger partial charge on any atom is 0.268 e. The van der Waals surface area contributed by atoms with Crippen LogP contribution < -0.4 is 10.2 Å². The third-order valence-electron chi connectivity index (χ3n) is 4.45. The van der Waals surface area contributed by atoms with E-state index in [0.717, 1.165) is 19.3 Å². The first-order chi connectivity index (χ1) is 14.5. The highest BCUT2D eigenvalue weighted by atomic mass is 31.2. The molecule has 0 aromatic carbocycles. The molecule has 0 radical (unpaired) electrons. The van der Waals surface area contributed by atoms with E-state index in [0.29, 0.717) is 11.0 Å². The number of hydrogen-bond donors (Lipinski definition) is 2. The molecule has 1 amide bonds. The van der Waals surface area contributed by atoms with Crippen molar-refractivity contribution in [2.75, 3.05) is 40.9 Å². The fourth-order valence-corrected chi connectivity index (χ4v) is 3.33. The van der Waals surface area contributed by atoms with Crippen molar-refractivity contribution in [3.63, 3.8) is 0 Å². The van der Waals surface area contributed by atoms with Gasteiger partial charge in [-0.25, -0.2) is 0 Å². The van der Waals surface area contributed by atoms with Crippen LogP contribution in [0.2, 0.25) is 0 Å². The predicted molar refractivity (Wildman–Crippen MR) is 122 cm³/mol. The summed E-state index contributed by atoms with van der Waals surface area (Å²) in [4.78, 5) is 23.3. The number of quaternary nitrogens is 1. The Kier molecular flexibility index (Phi) is 16.0. The molecule has 0 aliphatic carbocycles. The normalized spacial score (nSPS) is 16.5. The van der Waals surface area contributed by atoms with Gasteiger partial charge in [-0.15, -0.1) is 0 Å². The van der Waals surface area contributed by atoms with Crippen molar-refractivity contribution in [2.45, 2.75) is 70.9 Å². The molecule has 0 saturated carbocycles. The van der Waals surface area contributed by atoms with E-state index in [1.54, 1.807) is 6.08 Å². The number of allylic oxidation sites excluding steroid dienone is 3. The Bertz CT molecular complexity index is 589. The number of unbranched alkanes of at least 4 members (excludes halogenated alkanes) is 5. The van der Waals surface area contributed by atoms with Gasteiger partial charge in [-0.1, -0.05) is 50.5 Å². The second-order valence-electron chi connectivity index (χ2n) is 8.71. The highest BCUT2D eigenvalue weighted by Gasteiger charge is 2.22. The van der Waals surface area contributed by atoms with Gasteiger partial charge in [-0.3, -0.25) is 9.36 Å². The molecule has 8 nitrogen and oxygen atoms in total. The smallest absolute Gasteiger partial charge is 0.268 e. The van der Waals surface area contributed by atoms with Gasteiger partial charge in [-0.2, -0.15) is 0 Å². The molecule has 31 heavy (non-hydrogen) atoms. The number of amides is 1. The summed E-state index contributed by atoms with van der Waals surface area (Å²) >= 11 is 0. The number of aliphatic hydroxyl groups excluding tert-OH is 1. The Morgan fingerprint density at radius 3 is 2.35 bits per heavy atom. The van der Waals surface area contributed by atoms with Crippen LogP contribution in [0.4, 0.5) is 0 Å². The molecule has 0 aliphatic rings. The summed E-state index contributed by atoms with van der Waals surface area (Å²) in [5, 5.41) is 12.8. The van der Waals surface area contributed by atoms with E-state index in [-0.39, 0.29) is 6.61 Å². The van der Waals surface area contributed by atoms with Crippen molar-refractivity contribution >= 4 is 13.7 Å². The third-order valence-corrected chi connectivity index (χ3v) is 5.41. The van der Waals surface area contributed by atoms with Gasteiger partial charge in [-0.05, 0) is 25.7 Å². The lowest BCUT2D eigenvalue weighted by atomic mass is 10.1. The summed E-state index contributed by atoms with van der Waals surface area (Å²) in [5.74, 6) is -0.390. The summed E-state index contributed by atoms with van der Waals surface area (Å²) in [7, 11) is 1.22. The lowest BCUT2D eigenvalue weighted by Crippen LogP contribution is -2.45. The van der Waals surface area contributed by atoms with E-state index in [2.05, 4.69) is 24.4 Å². The number of phosphoric ester groups is 1. The first kappa shape index (κ1) is 30.0. The second-order valence-corrected chi connectivity index (χ2v) is 10.1. The number of aliphatic hydroxyl groups is 1. The Morgan fingerprint density at radius 1 is 1.10 bits per heavy atom. The van der Waals surface area contributed by atoms with Crippen molar-refractivity contribution in [2.24, 2.45) is 0 Å². The molecular formula is C22H43N2O6P. The van der Waals surface area contributed by atoms with Crippen LogP contribution >= 0.6 is 7.82 Å². The molecular weight excluding hydrogens is 419 g/mol. The Labute approximate surface area is 188 Å². The molecule has 0 bridgehead atoms. The van der Waals surface area contributed by atoms with Crippen LogP contribution in [0.3, 0.4) is 0 Å². The number of carbonyl (C=O) groups is 1. The first-order valence-electron chi connectivity index (χ1n) is 11.1. The van der Waals surface area contributed by atoms with Gasteiger partial charge in [0.05, 0.1) is 39.9 Å². The molecule has 182 valence electrons. The number of nitrogens with zero attached hydrogens (tertiary/aromatic N) is 1. The molecule has 0 fully saturated rings. The topological polar surface area (TPSA) is 108 Å². The fraction of sp³-hybridized carbons (Fsp3) is 0.773. The van der Waals surface area contributed by atoms with Crippen molar-refractivity contribution < 1.29 is 32.9 Å². The summed E-state index contributed by atoms with van der Waals surface area (Å²) in [5.41, 5.74) is 0. The average molecular weight is 463 g/mol. The lowest BCUT2D eigenvalue weighted by Gasteiger charge is -2.29. The van der Waals surface area contributed by atoms with Crippen molar-refractivity contribution in [3.8, 4) is 0 Å². The standard InChI is InChI=1S/C22H43N2O6P/c1-6-7-8-9-10-11-12-13-14-15-16-22(26)21(23-20(2)25)19-30-31(27,28)29-18-17-24(3,4)5/h11-12,15-16,21-22,26H,6-10,13-14,17-19H2,1-5H3,(H-,23,25,27,28)/b12-11+,16-15+. The molecule has 0 aliphatic heterocycles. The molecule has 0 aromatic rings. The Morgan fingerprint density at radius 2 is 1.74 bits per heavy atom. The predicted octanol–water partition coefficient (Wildman–Crippen LogP) is 2.92. The molecule has 9 heteroatoms. The molecule has 0 aromatic heterocycles. The van der Waals surface area contributed by atoms with Crippen LogP contribution in [0, 0.1) is 0 Å². The average Bonchev–Trinajstić information content (AvgIpc) is 2.65. The van der Waals surface area contributed by atoms with E-state index >= 15 is 0 Å². The van der Waals surface area contributed by atoms with Crippen LogP contribution in [0.25, 0.3) is 0 Å². The van der Waals surface area contributed by atoms with E-state index in [1.807, 2.05) is 27.2 Å². The van der Waals surface area contributed by atoms with E-state index in [9.17, 15) is 19.4 Å². The quantitative estimate of drug-likeness (QED) is 0.140. The lowest BCUT2D eigenvalue weighted by molar-refractivity contribution is -0.870. The largest absolute Gasteiger partial charge is 0.756 e. The molecule has 3 unspecified atom stereocenters. The van der Waals surface area contributed by atoms with Crippen LogP contribution in [-0.2, 0) is 18.4 Å². The van der Waals surface area contributed by atoms with Gasteiger partial charge in [0, 0.05) is 6.92 Å². The van der Waals surface area contributed by atoms with E-state index < -0.39 is 32.5 Å². The summed E-state index contributed by atoms with van der Waals surface area (Å²) < 4.78 is 22.2. The highest BCUT2D eigenvalue weighted by Crippen LogP contribution is 2.38. The van der Waals surface area contributed by atoms with Crippen molar-refractivity contribution in [1.82, 2.24) is 5.32 Å². The molecule has 0 heterocycles. The molecule has 0 spiro atoms. The summed E-state index contributed by atoms with van der Waals surface area (Å²) in [6, 6.07) is -0.896. The zero-order valence-electron chi connectivity index (χ0n) is 19.9.